The number of sulfonamides is 1. The summed E-state index contributed by atoms with van der Waals surface area (Å²) >= 11 is 0. The van der Waals surface area contributed by atoms with Crippen molar-refractivity contribution in [2.24, 2.45) is 5.92 Å². The number of nitrogens with zero attached hydrogens (tertiary/aromatic N) is 1. The first-order valence-corrected chi connectivity index (χ1v) is 9.08. The lowest BCUT2D eigenvalue weighted by Gasteiger charge is -2.35. The molecule has 0 spiro atoms. The highest BCUT2D eigenvalue weighted by Crippen LogP contribution is 2.28. The third-order valence-corrected chi connectivity index (χ3v) is 6.37. The minimum Gasteiger partial charge on any atom is -0.392 e. The van der Waals surface area contributed by atoms with E-state index in [1.165, 1.54) is 0 Å². The van der Waals surface area contributed by atoms with Crippen LogP contribution in [0.3, 0.4) is 0 Å². The van der Waals surface area contributed by atoms with E-state index >= 15 is 0 Å². The van der Waals surface area contributed by atoms with E-state index in [0.29, 0.717) is 22.9 Å². The zero-order chi connectivity index (χ0) is 15.6. The van der Waals surface area contributed by atoms with Gasteiger partial charge < -0.3 is 5.11 Å². The van der Waals surface area contributed by atoms with Gasteiger partial charge in [-0.25, -0.2) is 8.42 Å². The van der Waals surface area contributed by atoms with Gasteiger partial charge in [0.1, 0.15) is 0 Å². The van der Waals surface area contributed by atoms with Gasteiger partial charge >= 0.3 is 0 Å². The van der Waals surface area contributed by atoms with Crippen LogP contribution in [0.2, 0.25) is 0 Å². The molecule has 0 saturated carbocycles. The number of hydrogen-bond acceptors (Lipinski definition) is 3. The van der Waals surface area contributed by atoms with Crippen molar-refractivity contribution >= 4 is 10.0 Å². The Labute approximate surface area is 127 Å². The Bertz CT molecular complexity index is 598. The molecular weight excluding hydrogens is 286 g/mol. The van der Waals surface area contributed by atoms with Crippen LogP contribution in [0.5, 0.6) is 0 Å². The highest BCUT2D eigenvalue weighted by molar-refractivity contribution is 7.89. The first-order chi connectivity index (χ1) is 9.90. The lowest BCUT2D eigenvalue weighted by atomic mass is 9.97. The number of piperidine rings is 1. The highest BCUT2D eigenvalue weighted by Gasteiger charge is 2.33. The summed E-state index contributed by atoms with van der Waals surface area (Å²) in [6, 6.07) is 5.14. The topological polar surface area (TPSA) is 57.6 Å². The first kappa shape index (κ1) is 16.5. The van der Waals surface area contributed by atoms with Gasteiger partial charge in [-0.2, -0.15) is 4.31 Å². The van der Waals surface area contributed by atoms with Crippen LogP contribution in [0.15, 0.2) is 23.1 Å². The Hall–Kier alpha value is -0.910. The van der Waals surface area contributed by atoms with Gasteiger partial charge in [0.05, 0.1) is 11.5 Å². The molecule has 0 aliphatic carbocycles. The molecule has 1 aliphatic heterocycles. The van der Waals surface area contributed by atoms with E-state index in [9.17, 15) is 13.5 Å². The average molecular weight is 311 g/mol. The van der Waals surface area contributed by atoms with Crippen LogP contribution in [0, 0.1) is 5.92 Å². The largest absolute Gasteiger partial charge is 0.392 e. The fraction of sp³-hybridized carbons (Fsp3) is 0.625. The molecule has 2 unspecified atom stereocenters. The Balaban J connectivity index is 2.39. The molecule has 0 amide bonds. The van der Waals surface area contributed by atoms with Crippen molar-refractivity contribution < 1.29 is 13.5 Å². The molecular formula is C16H25NO3S. The third kappa shape index (κ3) is 3.30. The molecule has 1 N–H and O–H groups in total. The molecule has 0 aromatic heterocycles. The number of rotatable bonds is 4. The van der Waals surface area contributed by atoms with Gasteiger partial charge in [0.15, 0.2) is 0 Å². The minimum absolute atomic E-state index is 0.0367. The van der Waals surface area contributed by atoms with Crippen LogP contribution in [-0.2, 0) is 23.1 Å². The third-order valence-electron chi connectivity index (χ3n) is 4.40. The van der Waals surface area contributed by atoms with Crippen molar-refractivity contribution in [3.63, 3.8) is 0 Å². The van der Waals surface area contributed by atoms with E-state index in [0.717, 1.165) is 24.8 Å². The molecule has 1 saturated heterocycles. The predicted molar refractivity (Wildman–Crippen MR) is 83.5 cm³/mol. The summed E-state index contributed by atoms with van der Waals surface area (Å²) < 4.78 is 27.3. The Kier molecular flexibility index (Phi) is 5.07. The molecule has 5 heteroatoms. The maximum atomic E-state index is 12.9. The molecule has 1 aliphatic rings. The maximum absolute atomic E-state index is 12.9. The first-order valence-electron chi connectivity index (χ1n) is 7.64. The van der Waals surface area contributed by atoms with Crippen LogP contribution in [-0.4, -0.2) is 30.4 Å². The van der Waals surface area contributed by atoms with Gasteiger partial charge in [-0.15, -0.1) is 0 Å². The second-order valence-corrected chi connectivity index (χ2v) is 7.94. The van der Waals surface area contributed by atoms with Gasteiger partial charge in [0.2, 0.25) is 10.0 Å². The monoisotopic (exact) mass is 311 g/mol. The summed E-state index contributed by atoms with van der Waals surface area (Å²) in [7, 11) is -3.48. The highest BCUT2D eigenvalue weighted by atomic mass is 32.2. The van der Waals surface area contributed by atoms with Gasteiger partial charge in [-0.1, -0.05) is 19.9 Å². The summed E-state index contributed by atoms with van der Waals surface area (Å²) in [5.74, 6) is 0.392. The molecule has 0 bridgehead atoms. The summed E-state index contributed by atoms with van der Waals surface area (Å²) in [4.78, 5) is 0.296. The Morgan fingerprint density at radius 2 is 1.95 bits per heavy atom. The van der Waals surface area contributed by atoms with E-state index in [2.05, 4.69) is 6.92 Å². The van der Waals surface area contributed by atoms with Crippen LogP contribution in [0.1, 0.15) is 44.7 Å². The van der Waals surface area contributed by atoms with Crippen LogP contribution >= 0.6 is 0 Å². The van der Waals surface area contributed by atoms with Crippen molar-refractivity contribution in [1.82, 2.24) is 4.31 Å². The molecule has 2 rings (SSSR count). The van der Waals surface area contributed by atoms with E-state index in [1.54, 1.807) is 16.4 Å². The lowest BCUT2D eigenvalue weighted by molar-refractivity contribution is 0.218. The van der Waals surface area contributed by atoms with Gasteiger partial charge in [0, 0.05) is 12.6 Å². The number of aryl methyl sites for hydroxylation is 1. The Morgan fingerprint density at radius 3 is 2.57 bits per heavy atom. The summed E-state index contributed by atoms with van der Waals surface area (Å²) in [5.41, 5.74) is 1.70. The zero-order valence-corrected chi connectivity index (χ0v) is 13.9. The van der Waals surface area contributed by atoms with Gasteiger partial charge in [-0.3, -0.25) is 0 Å². The normalized spacial score (nSPS) is 24.2. The van der Waals surface area contributed by atoms with Crippen LogP contribution in [0.25, 0.3) is 0 Å². The quantitative estimate of drug-likeness (QED) is 0.929. The van der Waals surface area contributed by atoms with Gasteiger partial charge in [0.25, 0.3) is 0 Å². The van der Waals surface area contributed by atoms with Crippen molar-refractivity contribution in [2.45, 2.75) is 57.6 Å². The number of benzene rings is 1. The molecule has 1 heterocycles. The van der Waals surface area contributed by atoms with Crippen LogP contribution in [0.4, 0.5) is 0 Å². The second kappa shape index (κ2) is 6.46. The van der Waals surface area contributed by atoms with Crippen molar-refractivity contribution in [2.75, 3.05) is 6.54 Å². The number of hydrogen-bond donors (Lipinski definition) is 1. The fourth-order valence-electron chi connectivity index (χ4n) is 2.97. The van der Waals surface area contributed by atoms with E-state index < -0.39 is 10.0 Å². The summed E-state index contributed by atoms with van der Waals surface area (Å²) in [6.07, 6.45) is 2.76. The van der Waals surface area contributed by atoms with E-state index in [-0.39, 0.29) is 12.6 Å². The SMILES string of the molecule is CCc1ccc(S(=O)(=O)N2CC(C)CCC2C)cc1CO. The second-order valence-electron chi connectivity index (χ2n) is 6.05. The maximum Gasteiger partial charge on any atom is 0.243 e. The number of aliphatic hydroxyl groups excluding tert-OH is 1. The zero-order valence-electron chi connectivity index (χ0n) is 13.0. The molecule has 21 heavy (non-hydrogen) atoms. The van der Waals surface area contributed by atoms with Gasteiger partial charge in [-0.05, 0) is 55.4 Å². The summed E-state index contributed by atoms with van der Waals surface area (Å²) in [6.45, 7) is 6.51. The van der Waals surface area contributed by atoms with E-state index in [1.807, 2.05) is 19.9 Å². The molecule has 0 radical (unpaired) electrons. The molecule has 1 aromatic rings. The minimum atomic E-state index is -3.48. The number of aliphatic hydroxyl groups is 1. The van der Waals surface area contributed by atoms with E-state index in [4.69, 9.17) is 0 Å². The summed E-state index contributed by atoms with van der Waals surface area (Å²) in [5, 5.41) is 9.44. The standard InChI is InChI=1S/C16H25NO3S/c1-4-14-7-8-16(9-15(14)11-18)21(19,20)17-10-12(2)5-6-13(17)3/h7-9,12-13,18H,4-6,10-11H2,1-3H3. The van der Waals surface area contributed by atoms with Crippen molar-refractivity contribution in [3.05, 3.63) is 29.3 Å². The lowest BCUT2D eigenvalue weighted by Crippen LogP contribution is -2.44. The molecule has 118 valence electrons. The smallest absolute Gasteiger partial charge is 0.243 e. The van der Waals surface area contributed by atoms with Crippen molar-refractivity contribution in [1.29, 1.82) is 0 Å². The molecule has 1 aromatic carbocycles. The van der Waals surface area contributed by atoms with Crippen molar-refractivity contribution in [3.8, 4) is 0 Å². The Morgan fingerprint density at radius 1 is 1.24 bits per heavy atom. The molecule has 2 atom stereocenters. The molecule has 4 nitrogen and oxygen atoms in total. The predicted octanol–water partition coefficient (Wildman–Crippen LogP) is 2.55. The molecule has 1 fully saturated rings. The van der Waals surface area contributed by atoms with Crippen LogP contribution < -0.4 is 0 Å². The average Bonchev–Trinajstić information content (AvgIpc) is 2.48. The fourth-order valence-corrected chi connectivity index (χ4v) is 4.81.